The van der Waals surface area contributed by atoms with Crippen molar-refractivity contribution >= 4 is 47.4 Å². The fourth-order valence-corrected chi connectivity index (χ4v) is 3.14. The SMILES string of the molecule is Cl.Cl.FC(F)(F)CC[C@H](c1cccc(I)c1)N1CCNCC1. The van der Waals surface area contributed by atoms with Gasteiger partial charge in [-0.25, -0.2) is 0 Å². The minimum Gasteiger partial charge on any atom is -0.314 e. The van der Waals surface area contributed by atoms with E-state index in [0.717, 1.165) is 35.3 Å². The van der Waals surface area contributed by atoms with Gasteiger partial charge in [-0.2, -0.15) is 13.2 Å². The Bertz CT molecular complexity index is 440. The summed E-state index contributed by atoms with van der Waals surface area (Å²) < 4.78 is 38.7. The van der Waals surface area contributed by atoms with E-state index in [4.69, 9.17) is 0 Å². The fraction of sp³-hybridized carbons (Fsp3) is 0.571. The normalized spacial score (nSPS) is 17.3. The van der Waals surface area contributed by atoms with Crippen LogP contribution in [0.1, 0.15) is 24.4 Å². The van der Waals surface area contributed by atoms with Crippen molar-refractivity contribution < 1.29 is 13.2 Å². The minimum atomic E-state index is -4.09. The van der Waals surface area contributed by atoms with Gasteiger partial charge < -0.3 is 5.32 Å². The first kappa shape index (κ1) is 22.2. The predicted molar refractivity (Wildman–Crippen MR) is 96.1 cm³/mol. The zero-order chi connectivity index (χ0) is 14.6. The third kappa shape index (κ3) is 7.21. The molecule has 1 saturated heterocycles. The molecule has 1 aromatic rings. The van der Waals surface area contributed by atoms with Crippen LogP contribution in [0.5, 0.6) is 0 Å². The lowest BCUT2D eigenvalue weighted by Crippen LogP contribution is -2.45. The molecule has 0 aromatic heterocycles. The Morgan fingerprint density at radius 1 is 1.18 bits per heavy atom. The summed E-state index contributed by atoms with van der Waals surface area (Å²) in [6, 6.07) is 7.66. The van der Waals surface area contributed by atoms with Crippen LogP contribution in [0.15, 0.2) is 24.3 Å². The predicted octanol–water partition coefficient (Wildman–Crippen LogP) is 4.42. The standard InChI is InChI=1S/C14H18F3IN2.2ClH/c15-14(16,17)5-4-13(20-8-6-19-7-9-20)11-2-1-3-12(18)10-11;;/h1-3,10,13,19H,4-9H2;2*1H/t13-;;/m1../s1. The van der Waals surface area contributed by atoms with E-state index in [0.29, 0.717) is 0 Å². The molecule has 1 heterocycles. The molecular formula is C14H20Cl2F3IN2. The van der Waals surface area contributed by atoms with Gasteiger partial charge in [0, 0.05) is 42.2 Å². The number of benzene rings is 1. The Morgan fingerprint density at radius 2 is 1.82 bits per heavy atom. The quantitative estimate of drug-likeness (QED) is 0.655. The maximum absolute atomic E-state index is 12.5. The molecule has 1 aliphatic heterocycles. The summed E-state index contributed by atoms with van der Waals surface area (Å²) in [5, 5.41) is 3.24. The van der Waals surface area contributed by atoms with Crippen LogP contribution >= 0.6 is 47.4 Å². The molecule has 2 rings (SSSR count). The van der Waals surface area contributed by atoms with Gasteiger partial charge in [0.2, 0.25) is 0 Å². The number of halogens is 6. The summed E-state index contributed by atoms with van der Waals surface area (Å²) in [5.74, 6) is 0. The van der Waals surface area contributed by atoms with Crippen molar-refractivity contribution in [1.29, 1.82) is 0 Å². The summed E-state index contributed by atoms with van der Waals surface area (Å²) in [4.78, 5) is 2.16. The zero-order valence-corrected chi connectivity index (χ0v) is 15.7. The molecule has 0 aliphatic carbocycles. The lowest BCUT2D eigenvalue weighted by atomic mass is 9.99. The van der Waals surface area contributed by atoms with Crippen molar-refractivity contribution in [3.05, 3.63) is 33.4 Å². The molecule has 1 aliphatic rings. The molecule has 2 nitrogen and oxygen atoms in total. The molecule has 128 valence electrons. The number of hydrogen-bond donors (Lipinski definition) is 1. The van der Waals surface area contributed by atoms with Crippen LogP contribution in [-0.4, -0.2) is 37.3 Å². The largest absolute Gasteiger partial charge is 0.389 e. The van der Waals surface area contributed by atoms with Crippen LogP contribution in [0.3, 0.4) is 0 Å². The smallest absolute Gasteiger partial charge is 0.314 e. The summed E-state index contributed by atoms with van der Waals surface area (Å²) in [6.07, 6.45) is -4.69. The maximum Gasteiger partial charge on any atom is 0.389 e. The monoisotopic (exact) mass is 470 g/mol. The highest BCUT2D eigenvalue weighted by atomic mass is 127. The molecule has 1 aromatic carbocycles. The first-order valence-electron chi connectivity index (χ1n) is 6.73. The van der Waals surface area contributed by atoms with Crippen LogP contribution in [0.25, 0.3) is 0 Å². The van der Waals surface area contributed by atoms with E-state index in [1.54, 1.807) is 0 Å². The van der Waals surface area contributed by atoms with E-state index in [1.807, 2.05) is 24.3 Å². The molecule has 0 saturated carbocycles. The van der Waals surface area contributed by atoms with Gasteiger partial charge in [-0.05, 0) is 46.7 Å². The molecule has 0 bridgehead atoms. The molecule has 0 unspecified atom stereocenters. The van der Waals surface area contributed by atoms with Gasteiger partial charge >= 0.3 is 6.18 Å². The third-order valence-corrected chi connectivity index (χ3v) is 4.20. The van der Waals surface area contributed by atoms with Crippen LogP contribution in [-0.2, 0) is 0 Å². The summed E-state index contributed by atoms with van der Waals surface area (Å²) in [5.41, 5.74) is 0.989. The average Bonchev–Trinajstić information content (AvgIpc) is 2.39. The van der Waals surface area contributed by atoms with Gasteiger partial charge in [0.1, 0.15) is 0 Å². The van der Waals surface area contributed by atoms with E-state index in [-0.39, 0.29) is 37.3 Å². The molecule has 0 spiro atoms. The molecule has 1 atom stereocenters. The third-order valence-electron chi connectivity index (χ3n) is 3.53. The number of piperazine rings is 1. The van der Waals surface area contributed by atoms with Crippen LogP contribution in [0, 0.1) is 3.57 Å². The van der Waals surface area contributed by atoms with Crippen molar-refractivity contribution in [1.82, 2.24) is 10.2 Å². The van der Waals surface area contributed by atoms with Crippen LogP contribution in [0.2, 0.25) is 0 Å². The van der Waals surface area contributed by atoms with Crippen molar-refractivity contribution in [2.24, 2.45) is 0 Å². The highest BCUT2D eigenvalue weighted by Gasteiger charge is 2.31. The molecule has 0 radical (unpaired) electrons. The lowest BCUT2D eigenvalue weighted by molar-refractivity contribution is -0.138. The Labute approximate surface area is 155 Å². The number of alkyl halides is 3. The highest BCUT2D eigenvalue weighted by Crippen LogP contribution is 2.32. The Morgan fingerprint density at radius 3 is 2.36 bits per heavy atom. The van der Waals surface area contributed by atoms with E-state index >= 15 is 0 Å². The first-order valence-corrected chi connectivity index (χ1v) is 7.80. The maximum atomic E-state index is 12.5. The number of rotatable bonds is 4. The highest BCUT2D eigenvalue weighted by molar-refractivity contribution is 14.1. The first-order chi connectivity index (χ1) is 9.46. The topological polar surface area (TPSA) is 15.3 Å². The van der Waals surface area contributed by atoms with Crippen molar-refractivity contribution in [3.63, 3.8) is 0 Å². The summed E-state index contributed by atoms with van der Waals surface area (Å²) in [6.45, 7) is 3.28. The molecule has 1 fully saturated rings. The van der Waals surface area contributed by atoms with Crippen molar-refractivity contribution in [3.8, 4) is 0 Å². The molecule has 22 heavy (non-hydrogen) atoms. The van der Waals surface area contributed by atoms with Crippen molar-refractivity contribution in [2.45, 2.75) is 25.1 Å². The van der Waals surface area contributed by atoms with E-state index in [2.05, 4.69) is 32.8 Å². The van der Waals surface area contributed by atoms with E-state index < -0.39 is 12.6 Å². The van der Waals surface area contributed by atoms with Crippen molar-refractivity contribution in [2.75, 3.05) is 26.2 Å². The Hall–Kier alpha value is 0.240. The average molecular weight is 471 g/mol. The van der Waals surface area contributed by atoms with Gasteiger partial charge in [0.15, 0.2) is 0 Å². The van der Waals surface area contributed by atoms with Gasteiger partial charge in [0.05, 0.1) is 0 Å². The zero-order valence-electron chi connectivity index (χ0n) is 11.9. The molecule has 0 amide bonds. The number of hydrogen-bond acceptors (Lipinski definition) is 2. The second-order valence-corrected chi connectivity index (χ2v) is 6.26. The summed E-state index contributed by atoms with van der Waals surface area (Å²) >= 11 is 2.20. The Balaban J connectivity index is 0.00000220. The fourth-order valence-electron chi connectivity index (χ4n) is 2.57. The van der Waals surface area contributed by atoms with E-state index in [1.165, 1.54) is 0 Å². The number of nitrogens with one attached hydrogen (secondary N) is 1. The van der Waals surface area contributed by atoms with Crippen LogP contribution in [0.4, 0.5) is 13.2 Å². The second kappa shape index (κ2) is 10.2. The molecule has 8 heteroatoms. The number of nitrogens with zero attached hydrogens (tertiary/aromatic N) is 1. The van der Waals surface area contributed by atoms with E-state index in [9.17, 15) is 13.2 Å². The molecule has 1 N–H and O–H groups in total. The molecular weight excluding hydrogens is 451 g/mol. The minimum absolute atomic E-state index is 0. The second-order valence-electron chi connectivity index (χ2n) is 5.01. The van der Waals surface area contributed by atoms with Gasteiger partial charge in [-0.1, -0.05) is 12.1 Å². The lowest BCUT2D eigenvalue weighted by Gasteiger charge is -2.35. The summed E-state index contributed by atoms with van der Waals surface area (Å²) in [7, 11) is 0. The van der Waals surface area contributed by atoms with Gasteiger partial charge in [-0.15, -0.1) is 24.8 Å². The Kier molecular flexibility index (Phi) is 10.3. The van der Waals surface area contributed by atoms with Crippen LogP contribution < -0.4 is 5.32 Å². The van der Waals surface area contributed by atoms with Gasteiger partial charge in [-0.3, -0.25) is 4.90 Å². The van der Waals surface area contributed by atoms with Gasteiger partial charge in [0.25, 0.3) is 0 Å².